The number of ether oxygens (including phenoxy) is 1. The molecule has 0 saturated carbocycles. The monoisotopic (exact) mass is 356 g/mol. The van der Waals surface area contributed by atoms with Crippen LogP contribution >= 0.6 is 0 Å². The van der Waals surface area contributed by atoms with Crippen molar-refractivity contribution in [2.24, 2.45) is 0 Å². The van der Waals surface area contributed by atoms with E-state index in [0.717, 1.165) is 29.2 Å². The van der Waals surface area contributed by atoms with Gasteiger partial charge in [0.25, 0.3) is 0 Å². The Labute approximate surface area is 160 Å². The smallest absolute Gasteiger partial charge is 0.141 e. The molecule has 0 N–H and O–H groups in total. The Morgan fingerprint density at radius 3 is 2.48 bits per heavy atom. The number of fused-ring (bicyclic) bond motifs is 1. The summed E-state index contributed by atoms with van der Waals surface area (Å²) in [5.41, 5.74) is 7.04. The molecule has 3 aromatic carbocycles. The zero-order valence-electron chi connectivity index (χ0n) is 16.1. The third kappa shape index (κ3) is 3.59. The van der Waals surface area contributed by atoms with Crippen LogP contribution in [0.25, 0.3) is 22.4 Å². The third-order valence-electron chi connectivity index (χ3n) is 4.85. The molecule has 0 aliphatic carbocycles. The van der Waals surface area contributed by atoms with Crippen LogP contribution in [0.5, 0.6) is 5.75 Å². The SMILES string of the molecule is Cc1cccc(OCCn2c(-c3ccc(C)cc3C)nc3ccccc32)c1. The first kappa shape index (κ1) is 17.3. The van der Waals surface area contributed by atoms with E-state index in [1.807, 2.05) is 18.2 Å². The minimum Gasteiger partial charge on any atom is -0.492 e. The molecule has 0 amide bonds. The second-order valence-electron chi connectivity index (χ2n) is 7.06. The topological polar surface area (TPSA) is 27.1 Å². The van der Waals surface area contributed by atoms with Crippen LogP contribution in [0.1, 0.15) is 16.7 Å². The van der Waals surface area contributed by atoms with Crippen molar-refractivity contribution in [3.8, 4) is 17.1 Å². The van der Waals surface area contributed by atoms with Gasteiger partial charge in [-0.15, -0.1) is 0 Å². The Morgan fingerprint density at radius 1 is 0.852 bits per heavy atom. The van der Waals surface area contributed by atoms with E-state index in [9.17, 15) is 0 Å². The molecule has 0 atom stereocenters. The Balaban J connectivity index is 1.68. The molecule has 3 nitrogen and oxygen atoms in total. The second kappa shape index (κ2) is 7.28. The molecule has 0 fully saturated rings. The van der Waals surface area contributed by atoms with Crippen LogP contribution in [0.2, 0.25) is 0 Å². The Kier molecular flexibility index (Phi) is 4.68. The number of para-hydroxylation sites is 2. The normalized spacial score (nSPS) is 11.1. The first-order chi connectivity index (χ1) is 13.1. The van der Waals surface area contributed by atoms with Crippen molar-refractivity contribution in [1.29, 1.82) is 0 Å². The molecule has 1 heterocycles. The highest BCUT2D eigenvalue weighted by atomic mass is 16.5. The number of benzene rings is 3. The molecule has 4 rings (SSSR count). The maximum Gasteiger partial charge on any atom is 0.141 e. The van der Waals surface area contributed by atoms with Gasteiger partial charge in [-0.2, -0.15) is 0 Å². The van der Waals surface area contributed by atoms with E-state index >= 15 is 0 Å². The molecule has 0 unspecified atom stereocenters. The maximum absolute atomic E-state index is 6.00. The molecule has 3 heteroatoms. The van der Waals surface area contributed by atoms with Crippen LogP contribution in [0.4, 0.5) is 0 Å². The van der Waals surface area contributed by atoms with E-state index in [0.29, 0.717) is 6.61 Å². The number of aryl methyl sites for hydroxylation is 3. The van der Waals surface area contributed by atoms with E-state index in [-0.39, 0.29) is 0 Å². The standard InChI is InChI=1S/C24H24N2O/c1-17-7-6-8-20(16-17)27-14-13-26-23-10-5-4-9-22(23)25-24(26)21-12-11-18(2)15-19(21)3/h4-12,15-16H,13-14H2,1-3H3. The average Bonchev–Trinajstić information content (AvgIpc) is 3.00. The quantitative estimate of drug-likeness (QED) is 0.458. The molecule has 0 saturated heterocycles. The molecule has 0 spiro atoms. The summed E-state index contributed by atoms with van der Waals surface area (Å²) in [6.45, 7) is 7.69. The molecular formula is C24H24N2O. The summed E-state index contributed by atoms with van der Waals surface area (Å²) < 4.78 is 8.27. The summed E-state index contributed by atoms with van der Waals surface area (Å²) in [5, 5.41) is 0. The Hall–Kier alpha value is -3.07. The number of nitrogens with zero attached hydrogens (tertiary/aromatic N) is 2. The first-order valence-corrected chi connectivity index (χ1v) is 9.34. The first-order valence-electron chi connectivity index (χ1n) is 9.34. The van der Waals surface area contributed by atoms with Crippen molar-refractivity contribution in [2.45, 2.75) is 27.3 Å². The highest BCUT2D eigenvalue weighted by molar-refractivity contribution is 5.81. The summed E-state index contributed by atoms with van der Waals surface area (Å²) in [7, 11) is 0. The number of aromatic nitrogens is 2. The van der Waals surface area contributed by atoms with Crippen molar-refractivity contribution in [2.75, 3.05) is 6.61 Å². The molecule has 136 valence electrons. The number of hydrogen-bond donors (Lipinski definition) is 0. The van der Waals surface area contributed by atoms with Gasteiger partial charge in [-0.25, -0.2) is 4.98 Å². The van der Waals surface area contributed by atoms with Crippen LogP contribution in [0.3, 0.4) is 0 Å². The summed E-state index contributed by atoms with van der Waals surface area (Å²) in [6.07, 6.45) is 0. The lowest BCUT2D eigenvalue weighted by Gasteiger charge is -2.13. The Bertz CT molecular complexity index is 1090. The molecule has 1 aromatic heterocycles. The molecule has 0 aliphatic rings. The van der Waals surface area contributed by atoms with E-state index in [1.54, 1.807) is 0 Å². The van der Waals surface area contributed by atoms with Gasteiger partial charge in [0.05, 0.1) is 17.6 Å². The molecule has 0 bridgehead atoms. The fourth-order valence-electron chi connectivity index (χ4n) is 3.53. The Morgan fingerprint density at radius 2 is 1.67 bits per heavy atom. The van der Waals surface area contributed by atoms with Crippen molar-refractivity contribution in [3.05, 3.63) is 83.4 Å². The zero-order valence-corrected chi connectivity index (χ0v) is 16.1. The van der Waals surface area contributed by atoms with Crippen molar-refractivity contribution < 1.29 is 4.74 Å². The van der Waals surface area contributed by atoms with Crippen LogP contribution in [-0.2, 0) is 6.54 Å². The lowest BCUT2D eigenvalue weighted by Crippen LogP contribution is -2.10. The lowest BCUT2D eigenvalue weighted by atomic mass is 10.1. The predicted molar refractivity (Wildman–Crippen MR) is 111 cm³/mol. The van der Waals surface area contributed by atoms with Crippen LogP contribution in [0, 0.1) is 20.8 Å². The predicted octanol–water partition coefficient (Wildman–Crippen LogP) is 5.71. The highest BCUT2D eigenvalue weighted by Gasteiger charge is 2.14. The molecule has 0 radical (unpaired) electrons. The van der Waals surface area contributed by atoms with Crippen LogP contribution in [-0.4, -0.2) is 16.2 Å². The second-order valence-corrected chi connectivity index (χ2v) is 7.06. The van der Waals surface area contributed by atoms with Crippen LogP contribution < -0.4 is 4.74 Å². The van der Waals surface area contributed by atoms with Crippen LogP contribution in [0.15, 0.2) is 66.7 Å². The third-order valence-corrected chi connectivity index (χ3v) is 4.85. The van der Waals surface area contributed by atoms with Crippen molar-refractivity contribution in [3.63, 3.8) is 0 Å². The largest absolute Gasteiger partial charge is 0.492 e. The molecule has 4 aromatic rings. The number of rotatable bonds is 5. The van der Waals surface area contributed by atoms with Gasteiger partial charge in [0.1, 0.15) is 18.2 Å². The van der Waals surface area contributed by atoms with Gasteiger partial charge in [-0.3, -0.25) is 0 Å². The molecular weight excluding hydrogens is 332 g/mol. The van der Waals surface area contributed by atoms with Gasteiger partial charge in [0, 0.05) is 5.56 Å². The minimum atomic E-state index is 0.599. The fourth-order valence-corrected chi connectivity index (χ4v) is 3.53. The van der Waals surface area contributed by atoms with Crippen molar-refractivity contribution in [1.82, 2.24) is 9.55 Å². The van der Waals surface area contributed by atoms with Gasteiger partial charge in [-0.05, 0) is 56.2 Å². The van der Waals surface area contributed by atoms with E-state index in [1.165, 1.54) is 22.3 Å². The van der Waals surface area contributed by atoms with Crippen molar-refractivity contribution >= 4 is 11.0 Å². The number of imidazole rings is 1. The highest BCUT2D eigenvalue weighted by Crippen LogP contribution is 2.28. The zero-order chi connectivity index (χ0) is 18.8. The number of hydrogen-bond acceptors (Lipinski definition) is 2. The van der Waals surface area contributed by atoms with E-state index < -0.39 is 0 Å². The lowest BCUT2D eigenvalue weighted by molar-refractivity contribution is 0.300. The maximum atomic E-state index is 6.00. The average molecular weight is 356 g/mol. The van der Waals surface area contributed by atoms with Gasteiger partial charge >= 0.3 is 0 Å². The molecule has 0 aliphatic heterocycles. The summed E-state index contributed by atoms with van der Waals surface area (Å²) in [4.78, 5) is 4.92. The fraction of sp³-hybridized carbons (Fsp3) is 0.208. The van der Waals surface area contributed by atoms with Gasteiger partial charge in [0.15, 0.2) is 0 Å². The van der Waals surface area contributed by atoms with E-state index in [2.05, 4.69) is 73.9 Å². The molecule has 27 heavy (non-hydrogen) atoms. The summed E-state index contributed by atoms with van der Waals surface area (Å²) in [6, 6.07) is 23.0. The van der Waals surface area contributed by atoms with Gasteiger partial charge < -0.3 is 9.30 Å². The minimum absolute atomic E-state index is 0.599. The van der Waals surface area contributed by atoms with E-state index in [4.69, 9.17) is 9.72 Å². The summed E-state index contributed by atoms with van der Waals surface area (Å²) >= 11 is 0. The van der Waals surface area contributed by atoms with Gasteiger partial charge in [-0.1, -0.05) is 48.0 Å². The van der Waals surface area contributed by atoms with Gasteiger partial charge in [0.2, 0.25) is 0 Å². The summed E-state index contributed by atoms with van der Waals surface area (Å²) in [5.74, 6) is 1.91.